The number of anilines is 1. The third-order valence-corrected chi connectivity index (χ3v) is 7.59. The van der Waals surface area contributed by atoms with Crippen molar-refractivity contribution in [2.45, 2.75) is 104 Å². The highest BCUT2D eigenvalue weighted by Gasteiger charge is 2.37. The topological polar surface area (TPSA) is 108 Å². The Morgan fingerprint density at radius 1 is 1.15 bits per heavy atom. The normalized spacial score (nSPS) is 19.5. The van der Waals surface area contributed by atoms with Gasteiger partial charge in [0.15, 0.2) is 5.79 Å². The average Bonchev–Trinajstić information content (AvgIpc) is 2.79. The molecule has 1 aliphatic rings. The lowest BCUT2D eigenvalue weighted by atomic mass is 9.92. The fraction of sp³-hybridized carbons (Fsp3) is 0.621. The molecule has 1 aliphatic heterocycles. The number of ether oxygens (including phenoxy) is 3. The molecule has 0 aliphatic carbocycles. The van der Waals surface area contributed by atoms with Crippen molar-refractivity contribution < 1.29 is 31.8 Å². The molecule has 0 radical (unpaired) electrons. The number of nitrogens with zero attached hydrogens (tertiary/aromatic N) is 3. The van der Waals surface area contributed by atoms with Crippen molar-refractivity contribution in [3.8, 4) is 11.3 Å². The van der Waals surface area contributed by atoms with Crippen LogP contribution in [-0.4, -0.2) is 61.3 Å². The summed E-state index contributed by atoms with van der Waals surface area (Å²) in [5, 5.41) is 0. The van der Waals surface area contributed by atoms with Gasteiger partial charge in [0.2, 0.25) is 16.0 Å². The first-order valence-corrected chi connectivity index (χ1v) is 15.4. The van der Waals surface area contributed by atoms with Crippen LogP contribution >= 0.6 is 0 Å². The molecule has 11 heteroatoms. The smallest absolute Gasteiger partial charge is 0.308 e. The van der Waals surface area contributed by atoms with Crippen LogP contribution in [0, 0.1) is 5.82 Å². The predicted molar refractivity (Wildman–Crippen MR) is 152 cm³/mol. The van der Waals surface area contributed by atoms with Crippen LogP contribution in [0.15, 0.2) is 24.3 Å². The highest BCUT2D eigenvalue weighted by molar-refractivity contribution is 7.92. The maximum Gasteiger partial charge on any atom is 0.308 e. The van der Waals surface area contributed by atoms with E-state index in [0.717, 1.165) is 16.1 Å². The minimum atomic E-state index is -3.61. The first-order valence-electron chi connectivity index (χ1n) is 13.5. The Kier molecular flexibility index (Phi) is 9.63. The summed E-state index contributed by atoms with van der Waals surface area (Å²) in [6.45, 7) is 13.1. The standard InChI is InChI=1S/C29H42FN3O6S/c1-18(2)25-23(15-14-21-16-22(38-29(6,7)37-21)17-24(34)39-28(3,4)5)26(19-10-12-20(30)13-11-19)32-27(31-25)33(8)40(9,35)36/h10-13,18,21-22H,14-17H2,1-9H3/t21-,22-/m1/s1. The number of aromatic nitrogens is 2. The Hall–Kier alpha value is -2.63. The number of sulfonamides is 1. The minimum Gasteiger partial charge on any atom is -0.460 e. The zero-order valence-electron chi connectivity index (χ0n) is 24.9. The molecule has 1 aromatic carbocycles. The Balaban J connectivity index is 1.95. The zero-order chi connectivity index (χ0) is 30.0. The van der Waals surface area contributed by atoms with Gasteiger partial charge < -0.3 is 14.2 Å². The first kappa shape index (κ1) is 31.9. The quantitative estimate of drug-likeness (QED) is 0.365. The summed E-state index contributed by atoms with van der Waals surface area (Å²) in [5.41, 5.74) is 2.15. The highest BCUT2D eigenvalue weighted by Crippen LogP contribution is 2.35. The lowest BCUT2D eigenvalue weighted by Crippen LogP contribution is -2.45. The van der Waals surface area contributed by atoms with Gasteiger partial charge >= 0.3 is 5.97 Å². The van der Waals surface area contributed by atoms with Crippen molar-refractivity contribution in [3.63, 3.8) is 0 Å². The molecule has 0 spiro atoms. The molecular formula is C29H42FN3O6S. The van der Waals surface area contributed by atoms with Crippen LogP contribution < -0.4 is 4.31 Å². The highest BCUT2D eigenvalue weighted by atomic mass is 32.2. The summed E-state index contributed by atoms with van der Waals surface area (Å²) >= 11 is 0. The largest absolute Gasteiger partial charge is 0.460 e. The van der Waals surface area contributed by atoms with Crippen molar-refractivity contribution in [2.24, 2.45) is 0 Å². The van der Waals surface area contributed by atoms with Crippen molar-refractivity contribution in [1.82, 2.24) is 9.97 Å². The summed E-state index contributed by atoms with van der Waals surface area (Å²) in [6, 6.07) is 5.95. The predicted octanol–water partition coefficient (Wildman–Crippen LogP) is 5.38. The molecule has 1 fully saturated rings. The van der Waals surface area contributed by atoms with Gasteiger partial charge in [-0.25, -0.2) is 27.1 Å². The summed E-state index contributed by atoms with van der Waals surface area (Å²) < 4.78 is 57.2. The fourth-order valence-electron chi connectivity index (χ4n) is 4.74. The Labute approximate surface area is 237 Å². The van der Waals surface area contributed by atoms with E-state index in [4.69, 9.17) is 14.2 Å². The number of halogens is 1. The Morgan fingerprint density at radius 3 is 2.30 bits per heavy atom. The lowest BCUT2D eigenvalue weighted by molar-refractivity contribution is -0.300. The first-order chi connectivity index (χ1) is 18.3. The van der Waals surface area contributed by atoms with Crippen molar-refractivity contribution in [3.05, 3.63) is 41.3 Å². The van der Waals surface area contributed by atoms with E-state index in [1.165, 1.54) is 19.2 Å². The van der Waals surface area contributed by atoms with Gasteiger partial charge in [0.05, 0.1) is 36.3 Å². The molecule has 222 valence electrons. The van der Waals surface area contributed by atoms with Gasteiger partial charge in [-0.05, 0) is 77.6 Å². The van der Waals surface area contributed by atoms with Crippen molar-refractivity contribution in [2.75, 3.05) is 17.6 Å². The van der Waals surface area contributed by atoms with Crippen LogP contribution in [0.3, 0.4) is 0 Å². The second-order valence-electron chi connectivity index (χ2n) is 12.1. The number of benzene rings is 1. The maximum absolute atomic E-state index is 13.8. The van der Waals surface area contributed by atoms with E-state index in [-0.39, 0.29) is 42.3 Å². The van der Waals surface area contributed by atoms with Gasteiger partial charge in [-0.2, -0.15) is 0 Å². The van der Waals surface area contributed by atoms with Crippen molar-refractivity contribution in [1.29, 1.82) is 0 Å². The van der Waals surface area contributed by atoms with E-state index in [1.54, 1.807) is 12.1 Å². The Bertz CT molecular complexity index is 1310. The molecule has 0 bridgehead atoms. The number of rotatable bonds is 9. The number of hydrogen-bond donors (Lipinski definition) is 0. The molecule has 9 nitrogen and oxygen atoms in total. The van der Waals surface area contributed by atoms with Crippen LogP contribution in [0.25, 0.3) is 11.3 Å². The SMILES string of the molecule is CC(C)c1nc(N(C)S(C)(=O)=O)nc(-c2ccc(F)cc2)c1CC[C@@H]1C[C@H](CC(=O)OC(C)(C)C)OC(C)(C)O1. The summed E-state index contributed by atoms with van der Waals surface area (Å²) in [5.74, 6) is -1.60. The van der Waals surface area contributed by atoms with Crippen LogP contribution in [0.1, 0.15) is 84.9 Å². The molecule has 3 rings (SSSR count). The van der Waals surface area contributed by atoms with E-state index in [2.05, 4.69) is 9.97 Å². The molecule has 0 saturated carbocycles. The number of carbonyl (C=O) groups is 1. The number of carbonyl (C=O) groups excluding carboxylic acids is 1. The van der Waals surface area contributed by atoms with E-state index < -0.39 is 21.4 Å². The number of hydrogen-bond acceptors (Lipinski definition) is 8. The average molecular weight is 580 g/mol. The van der Waals surface area contributed by atoms with Gasteiger partial charge in [-0.1, -0.05) is 13.8 Å². The van der Waals surface area contributed by atoms with Gasteiger partial charge in [0, 0.05) is 24.6 Å². The second-order valence-corrected chi connectivity index (χ2v) is 14.1. The molecule has 40 heavy (non-hydrogen) atoms. The van der Waals surface area contributed by atoms with Crippen LogP contribution in [-0.2, 0) is 35.4 Å². The molecule has 1 aromatic heterocycles. The van der Waals surface area contributed by atoms with Gasteiger partial charge in [0.25, 0.3) is 0 Å². The van der Waals surface area contributed by atoms with Gasteiger partial charge in [-0.15, -0.1) is 0 Å². The molecule has 2 heterocycles. The summed E-state index contributed by atoms with van der Waals surface area (Å²) in [7, 11) is -2.20. The molecule has 2 aromatic rings. The third-order valence-electron chi connectivity index (χ3n) is 6.43. The summed E-state index contributed by atoms with van der Waals surface area (Å²) in [4.78, 5) is 21.8. The third kappa shape index (κ3) is 8.68. The maximum atomic E-state index is 13.8. The van der Waals surface area contributed by atoms with E-state index >= 15 is 0 Å². The monoisotopic (exact) mass is 579 g/mol. The van der Waals surface area contributed by atoms with Crippen LogP contribution in [0.5, 0.6) is 0 Å². The van der Waals surface area contributed by atoms with E-state index in [0.29, 0.717) is 36.2 Å². The Morgan fingerprint density at radius 2 is 1.75 bits per heavy atom. The van der Waals surface area contributed by atoms with Crippen LogP contribution in [0.2, 0.25) is 0 Å². The zero-order valence-corrected chi connectivity index (χ0v) is 25.8. The fourth-order valence-corrected chi connectivity index (χ4v) is 5.12. The second kappa shape index (κ2) is 12.1. The molecule has 2 atom stereocenters. The minimum absolute atomic E-state index is 0.0455. The van der Waals surface area contributed by atoms with Gasteiger partial charge in [-0.3, -0.25) is 4.79 Å². The molecule has 1 saturated heterocycles. The van der Waals surface area contributed by atoms with E-state index in [1.807, 2.05) is 48.5 Å². The molecule has 0 amide bonds. The van der Waals surface area contributed by atoms with E-state index in [9.17, 15) is 17.6 Å². The lowest BCUT2D eigenvalue weighted by Gasteiger charge is -2.41. The van der Waals surface area contributed by atoms with Gasteiger partial charge in [0.1, 0.15) is 11.4 Å². The summed E-state index contributed by atoms with van der Waals surface area (Å²) in [6.07, 6.45) is 2.21. The van der Waals surface area contributed by atoms with Crippen molar-refractivity contribution >= 4 is 21.9 Å². The molecular weight excluding hydrogens is 537 g/mol. The molecule has 0 unspecified atom stereocenters. The number of esters is 1. The molecule has 0 N–H and O–H groups in total. The van der Waals surface area contributed by atoms with Crippen LogP contribution in [0.4, 0.5) is 10.3 Å².